The highest BCUT2D eigenvalue weighted by Gasteiger charge is 2.23. The molecule has 0 aliphatic rings. The summed E-state index contributed by atoms with van der Waals surface area (Å²) in [5.41, 5.74) is 8.35. The van der Waals surface area contributed by atoms with Crippen molar-refractivity contribution in [2.45, 2.75) is 85.1 Å². The summed E-state index contributed by atoms with van der Waals surface area (Å²) in [6.07, 6.45) is 6.73. The number of pyridine rings is 1. The first-order chi connectivity index (χ1) is 13.5. The summed E-state index contributed by atoms with van der Waals surface area (Å²) in [5.74, 6) is 0.351. The topological polar surface area (TPSA) is 77.5 Å². The molecule has 1 aromatic carbocycles. The van der Waals surface area contributed by atoms with Gasteiger partial charge in [-0.3, -0.25) is 4.79 Å². The Bertz CT molecular complexity index is 842. The van der Waals surface area contributed by atoms with Gasteiger partial charge < -0.3 is 20.1 Å². The van der Waals surface area contributed by atoms with E-state index in [2.05, 4.69) is 27.7 Å². The molecule has 0 spiro atoms. The first-order valence-electron chi connectivity index (χ1n) is 10.8. The van der Waals surface area contributed by atoms with Gasteiger partial charge in [0, 0.05) is 17.6 Å². The molecule has 1 aromatic heterocycles. The number of rotatable bonds is 11. The fourth-order valence-corrected chi connectivity index (χ4v) is 3.83. The van der Waals surface area contributed by atoms with Crippen molar-refractivity contribution in [2.75, 3.05) is 12.3 Å². The monoisotopic (exact) mass is 388 g/mol. The lowest BCUT2D eigenvalue weighted by Crippen LogP contribution is -2.22. The first kappa shape index (κ1) is 22.1. The molecule has 0 saturated heterocycles. The molecule has 156 valence electrons. The van der Waals surface area contributed by atoms with Crippen LogP contribution in [0.3, 0.4) is 0 Å². The minimum absolute atomic E-state index is 0.280. The molecule has 5 heteroatoms. The van der Waals surface area contributed by atoms with Crippen LogP contribution in [0.4, 0.5) is 5.69 Å². The number of benzene rings is 1. The van der Waals surface area contributed by atoms with E-state index in [4.69, 9.17) is 10.5 Å². The van der Waals surface area contributed by atoms with E-state index in [1.54, 1.807) is 4.57 Å². The second-order valence-corrected chi connectivity index (χ2v) is 7.59. The Morgan fingerprint density at radius 3 is 2.43 bits per heavy atom. The van der Waals surface area contributed by atoms with E-state index >= 15 is 0 Å². The summed E-state index contributed by atoms with van der Waals surface area (Å²) < 4.78 is 7.65. The van der Waals surface area contributed by atoms with Gasteiger partial charge in [0.05, 0.1) is 12.1 Å². The van der Waals surface area contributed by atoms with Crippen molar-refractivity contribution in [3.63, 3.8) is 0 Å². The Balaban J connectivity index is 2.84. The van der Waals surface area contributed by atoms with E-state index in [0.717, 1.165) is 61.4 Å². The van der Waals surface area contributed by atoms with Crippen LogP contribution < -0.4 is 16.0 Å². The number of aromatic hydroxyl groups is 1. The van der Waals surface area contributed by atoms with Crippen LogP contribution in [0.15, 0.2) is 16.9 Å². The van der Waals surface area contributed by atoms with Crippen LogP contribution in [0.25, 0.3) is 10.9 Å². The average molecular weight is 389 g/mol. The van der Waals surface area contributed by atoms with E-state index in [0.29, 0.717) is 30.5 Å². The molecule has 0 amide bonds. The van der Waals surface area contributed by atoms with Gasteiger partial charge in [0.1, 0.15) is 0 Å². The zero-order chi connectivity index (χ0) is 20.7. The maximum atomic E-state index is 12.9. The van der Waals surface area contributed by atoms with Crippen molar-refractivity contribution in [3.05, 3.63) is 28.0 Å². The van der Waals surface area contributed by atoms with Crippen molar-refractivity contribution in [3.8, 4) is 11.5 Å². The van der Waals surface area contributed by atoms with Crippen LogP contribution >= 0.6 is 0 Å². The number of hydrogen-bond acceptors (Lipinski definition) is 4. The van der Waals surface area contributed by atoms with Gasteiger partial charge in [-0.1, -0.05) is 47.0 Å². The smallest absolute Gasteiger partial charge is 0.297 e. The Morgan fingerprint density at radius 2 is 1.82 bits per heavy atom. The lowest BCUT2D eigenvalue weighted by atomic mass is 9.88. The lowest BCUT2D eigenvalue weighted by Gasteiger charge is -2.23. The molecule has 5 nitrogen and oxygen atoms in total. The lowest BCUT2D eigenvalue weighted by molar-refractivity contribution is 0.293. The SMILES string of the molecule is CCCCOc1c(O)c(=O)n(CCCC)c2cc(N)cc(C(CC)CCC)c12. The molecule has 0 saturated carbocycles. The number of fused-ring (bicyclic) bond motifs is 1. The fourth-order valence-electron chi connectivity index (χ4n) is 3.83. The first-order valence-corrected chi connectivity index (χ1v) is 10.8. The summed E-state index contributed by atoms with van der Waals surface area (Å²) in [6.45, 7) is 9.55. The maximum absolute atomic E-state index is 12.9. The summed E-state index contributed by atoms with van der Waals surface area (Å²) in [4.78, 5) is 12.9. The molecule has 2 rings (SSSR count). The van der Waals surface area contributed by atoms with E-state index < -0.39 is 5.56 Å². The fraction of sp³-hybridized carbons (Fsp3) is 0.609. The average Bonchev–Trinajstić information content (AvgIpc) is 2.68. The van der Waals surface area contributed by atoms with E-state index in [9.17, 15) is 9.90 Å². The highest BCUT2D eigenvalue weighted by molar-refractivity contribution is 5.93. The number of nitrogens with zero attached hydrogens (tertiary/aromatic N) is 1. The van der Waals surface area contributed by atoms with Gasteiger partial charge in [-0.2, -0.15) is 0 Å². The molecule has 0 radical (unpaired) electrons. The number of nitrogen functional groups attached to an aromatic ring is 1. The minimum Gasteiger partial charge on any atom is -0.500 e. The predicted octanol–water partition coefficient (Wildman–Crippen LogP) is 5.56. The minimum atomic E-state index is -0.396. The predicted molar refractivity (Wildman–Crippen MR) is 118 cm³/mol. The summed E-state index contributed by atoms with van der Waals surface area (Å²) in [5, 5.41) is 11.6. The molecule has 2 aromatic rings. The number of unbranched alkanes of at least 4 members (excludes halogenated alkanes) is 2. The third-order valence-corrected chi connectivity index (χ3v) is 5.40. The molecule has 28 heavy (non-hydrogen) atoms. The van der Waals surface area contributed by atoms with E-state index in [-0.39, 0.29) is 5.75 Å². The Hall–Kier alpha value is -2.17. The van der Waals surface area contributed by atoms with Gasteiger partial charge in [0.2, 0.25) is 5.75 Å². The summed E-state index contributed by atoms with van der Waals surface area (Å²) in [6, 6.07) is 3.84. The van der Waals surface area contributed by atoms with Gasteiger partial charge in [0.15, 0.2) is 5.75 Å². The van der Waals surface area contributed by atoms with Crippen LogP contribution in [0.5, 0.6) is 11.5 Å². The molecule has 1 atom stereocenters. The zero-order valence-corrected chi connectivity index (χ0v) is 17.9. The normalized spacial score (nSPS) is 12.4. The molecule has 1 unspecified atom stereocenters. The van der Waals surface area contributed by atoms with Crippen LogP contribution in [-0.2, 0) is 6.54 Å². The number of aromatic nitrogens is 1. The number of aryl methyl sites for hydroxylation is 1. The van der Waals surface area contributed by atoms with Crippen molar-refractivity contribution in [2.24, 2.45) is 0 Å². The van der Waals surface area contributed by atoms with Gasteiger partial charge in [0.25, 0.3) is 5.56 Å². The number of nitrogens with two attached hydrogens (primary N) is 1. The highest BCUT2D eigenvalue weighted by Crippen LogP contribution is 2.41. The molecule has 0 aliphatic heterocycles. The molecule has 1 heterocycles. The number of ether oxygens (including phenoxy) is 1. The van der Waals surface area contributed by atoms with Gasteiger partial charge in [-0.05, 0) is 49.3 Å². The summed E-state index contributed by atoms with van der Waals surface area (Å²) >= 11 is 0. The number of hydrogen-bond donors (Lipinski definition) is 2. The van der Waals surface area contributed by atoms with Crippen molar-refractivity contribution >= 4 is 16.6 Å². The van der Waals surface area contributed by atoms with Gasteiger partial charge >= 0.3 is 0 Å². The number of anilines is 1. The van der Waals surface area contributed by atoms with Crippen LogP contribution in [0.1, 0.15) is 84.1 Å². The second kappa shape index (κ2) is 10.4. The molecule has 3 N–H and O–H groups in total. The highest BCUT2D eigenvalue weighted by atomic mass is 16.5. The van der Waals surface area contributed by atoms with Crippen molar-refractivity contribution in [1.29, 1.82) is 0 Å². The Kier molecular flexibility index (Phi) is 8.21. The van der Waals surface area contributed by atoms with Crippen LogP contribution in [0.2, 0.25) is 0 Å². The Labute approximate surface area is 168 Å². The van der Waals surface area contributed by atoms with E-state index in [1.165, 1.54) is 0 Å². The third kappa shape index (κ3) is 4.62. The largest absolute Gasteiger partial charge is 0.500 e. The quantitative estimate of drug-likeness (QED) is 0.390. The second-order valence-electron chi connectivity index (χ2n) is 7.59. The Morgan fingerprint density at radius 1 is 1.11 bits per heavy atom. The van der Waals surface area contributed by atoms with Crippen molar-refractivity contribution < 1.29 is 9.84 Å². The molecule has 0 bridgehead atoms. The molecular weight excluding hydrogens is 352 g/mol. The third-order valence-electron chi connectivity index (χ3n) is 5.40. The van der Waals surface area contributed by atoms with Gasteiger partial charge in [-0.15, -0.1) is 0 Å². The van der Waals surface area contributed by atoms with Gasteiger partial charge in [-0.25, -0.2) is 0 Å². The molecule has 0 fully saturated rings. The van der Waals surface area contributed by atoms with Crippen LogP contribution in [0, 0.1) is 0 Å². The zero-order valence-electron chi connectivity index (χ0n) is 17.9. The van der Waals surface area contributed by atoms with E-state index in [1.807, 2.05) is 12.1 Å². The molecular formula is C23H36N2O3. The summed E-state index contributed by atoms with van der Waals surface area (Å²) in [7, 11) is 0. The van der Waals surface area contributed by atoms with Crippen LogP contribution in [-0.4, -0.2) is 16.3 Å². The van der Waals surface area contributed by atoms with Crippen molar-refractivity contribution in [1.82, 2.24) is 4.57 Å². The maximum Gasteiger partial charge on any atom is 0.297 e. The molecule has 0 aliphatic carbocycles. The standard InChI is InChI=1S/C23H36N2O3/c1-5-9-12-25-19-15-17(24)14-18(16(8-4)11-7-3)20(19)22(21(26)23(25)27)28-13-10-6-2/h14-16,26H,5-13,24H2,1-4H3.